The van der Waals surface area contributed by atoms with Gasteiger partial charge in [-0.05, 0) is 35.9 Å². The summed E-state index contributed by atoms with van der Waals surface area (Å²) in [4.78, 5) is 12.1. The number of nitrogen functional groups attached to an aromatic ring is 1. The van der Waals surface area contributed by atoms with Crippen molar-refractivity contribution in [2.24, 2.45) is 0 Å². The van der Waals surface area contributed by atoms with Crippen LogP contribution in [0, 0.1) is 0 Å². The van der Waals surface area contributed by atoms with E-state index in [0.717, 1.165) is 10.9 Å². The second kappa shape index (κ2) is 5.50. The molecule has 0 bridgehead atoms. The smallest absolute Gasteiger partial charge is 0.287 e. The molecular weight excluding hydrogens is 288 g/mol. The Morgan fingerprint density at radius 1 is 1.19 bits per heavy atom. The van der Waals surface area contributed by atoms with Crippen LogP contribution in [0.25, 0.3) is 11.0 Å². The number of carbonyl (C=O) groups excluding carboxylic acids is 1. The summed E-state index contributed by atoms with van der Waals surface area (Å²) in [6.07, 6.45) is 0. The lowest BCUT2D eigenvalue weighted by Crippen LogP contribution is -2.22. The molecule has 2 aromatic carbocycles. The maximum Gasteiger partial charge on any atom is 0.287 e. The van der Waals surface area contributed by atoms with Crippen LogP contribution in [-0.2, 0) is 6.54 Å². The van der Waals surface area contributed by atoms with Gasteiger partial charge in [0.1, 0.15) is 5.58 Å². The molecule has 0 aliphatic heterocycles. The van der Waals surface area contributed by atoms with Gasteiger partial charge in [-0.1, -0.05) is 29.8 Å². The molecule has 1 aromatic heterocycles. The van der Waals surface area contributed by atoms with E-state index in [9.17, 15) is 4.79 Å². The van der Waals surface area contributed by atoms with Crippen molar-refractivity contribution in [1.82, 2.24) is 5.32 Å². The molecule has 0 spiro atoms. The summed E-state index contributed by atoms with van der Waals surface area (Å²) in [5.74, 6) is -0.0349. The van der Waals surface area contributed by atoms with Crippen LogP contribution >= 0.6 is 11.6 Å². The number of rotatable bonds is 3. The van der Waals surface area contributed by atoms with Gasteiger partial charge >= 0.3 is 0 Å². The van der Waals surface area contributed by atoms with Crippen LogP contribution < -0.4 is 11.1 Å². The quantitative estimate of drug-likeness (QED) is 0.726. The summed E-state index contributed by atoms with van der Waals surface area (Å²) >= 11 is 6.05. The van der Waals surface area contributed by atoms with Gasteiger partial charge in [0.15, 0.2) is 5.76 Å². The molecule has 106 valence electrons. The van der Waals surface area contributed by atoms with E-state index in [1.807, 2.05) is 18.2 Å². The predicted octanol–water partition coefficient (Wildman–Crippen LogP) is 3.60. The van der Waals surface area contributed by atoms with Crippen molar-refractivity contribution in [3.05, 3.63) is 64.9 Å². The van der Waals surface area contributed by atoms with E-state index >= 15 is 0 Å². The van der Waals surface area contributed by atoms with Crippen LogP contribution in [0.1, 0.15) is 16.1 Å². The number of nitrogens with two attached hydrogens (primary N) is 1. The number of hydrogen-bond acceptors (Lipinski definition) is 3. The molecule has 3 rings (SSSR count). The van der Waals surface area contributed by atoms with Gasteiger partial charge in [-0.2, -0.15) is 0 Å². The lowest BCUT2D eigenvalue weighted by molar-refractivity contribution is 0.0925. The number of carbonyl (C=O) groups is 1. The third-order valence-electron chi connectivity index (χ3n) is 3.16. The molecular formula is C16H13ClN2O2. The fourth-order valence-corrected chi connectivity index (χ4v) is 2.28. The van der Waals surface area contributed by atoms with E-state index in [1.165, 1.54) is 0 Å². The first kappa shape index (κ1) is 13.5. The number of furan rings is 1. The van der Waals surface area contributed by atoms with Crippen LogP contribution in [0.15, 0.2) is 52.9 Å². The lowest BCUT2D eigenvalue weighted by atomic mass is 10.2. The fourth-order valence-electron chi connectivity index (χ4n) is 2.08. The van der Waals surface area contributed by atoms with Crippen molar-refractivity contribution in [1.29, 1.82) is 0 Å². The van der Waals surface area contributed by atoms with Crippen molar-refractivity contribution in [2.75, 3.05) is 5.73 Å². The highest BCUT2D eigenvalue weighted by Crippen LogP contribution is 2.22. The predicted molar refractivity (Wildman–Crippen MR) is 83.2 cm³/mol. The number of halogens is 1. The summed E-state index contributed by atoms with van der Waals surface area (Å²) in [6, 6.07) is 14.3. The van der Waals surface area contributed by atoms with Crippen molar-refractivity contribution >= 4 is 34.2 Å². The molecule has 5 heteroatoms. The van der Waals surface area contributed by atoms with Gasteiger partial charge in [0.25, 0.3) is 5.91 Å². The molecule has 0 atom stereocenters. The van der Waals surface area contributed by atoms with Crippen LogP contribution in [0.3, 0.4) is 0 Å². The summed E-state index contributed by atoms with van der Waals surface area (Å²) in [7, 11) is 0. The maximum absolute atomic E-state index is 12.1. The number of anilines is 1. The zero-order valence-corrected chi connectivity index (χ0v) is 11.9. The van der Waals surface area contributed by atoms with Gasteiger partial charge in [-0.15, -0.1) is 0 Å². The fraction of sp³-hybridized carbons (Fsp3) is 0.0625. The Hall–Kier alpha value is -2.46. The van der Waals surface area contributed by atoms with Crippen molar-refractivity contribution in [2.45, 2.75) is 6.54 Å². The molecule has 0 saturated carbocycles. The van der Waals surface area contributed by atoms with E-state index in [-0.39, 0.29) is 11.7 Å². The van der Waals surface area contributed by atoms with Crippen molar-refractivity contribution in [3.63, 3.8) is 0 Å². The van der Waals surface area contributed by atoms with Crippen LogP contribution in [0.2, 0.25) is 5.02 Å². The molecule has 0 radical (unpaired) electrons. The van der Waals surface area contributed by atoms with Crippen LogP contribution in [0.5, 0.6) is 0 Å². The summed E-state index contributed by atoms with van der Waals surface area (Å²) in [5.41, 5.74) is 7.82. The highest BCUT2D eigenvalue weighted by Gasteiger charge is 2.12. The zero-order chi connectivity index (χ0) is 14.8. The SMILES string of the molecule is Nc1ccc2oc(C(=O)NCc3ccccc3Cl)cc2c1. The van der Waals surface area contributed by atoms with E-state index in [4.69, 9.17) is 21.8 Å². The average Bonchev–Trinajstić information content (AvgIpc) is 2.89. The van der Waals surface area contributed by atoms with Crippen LogP contribution in [0.4, 0.5) is 5.69 Å². The molecule has 3 N–H and O–H groups in total. The second-order valence-electron chi connectivity index (χ2n) is 4.68. The third-order valence-corrected chi connectivity index (χ3v) is 3.53. The molecule has 3 aromatic rings. The first-order valence-electron chi connectivity index (χ1n) is 6.44. The van der Waals surface area contributed by atoms with E-state index in [2.05, 4.69) is 5.32 Å². The van der Waals surface area contributed by atoms with E-state index < -0.39 is 0 Å². The lowest BCUT2D eigenvalue weighted by Gasteiger charge is -2.04. The Bertz CT molecular complexity index is 811. The number of fused-ring (bicyclic) bond motifs is 1. The normalized spacial score (nSPS) is 10.7. The molecule has 0 fully saturated rings. The van der Waals surface area contributed by atoms with Gasteiger partial charge in [0.05, 0.1) is 0 Å². The average molecular weight is 301 g/mol. The Balaban J connectivity index is 1.76. The Morgan fingerprint density at radius 2 is 2.00 bits per heavy atom. The van der Waals surface area contributed by atoms with Gasteiger partial charge < -0.3 is 15.5 Å². The molecule has 0 aliphatic carbocycles. The molecule has 1 amide bonds. The first-order chi connectivity index (χ1) is 10.1. The molecule has 4 nitrogen and oxygen atoms in total. The summed E-state index contributed by atoms with van der Waals surface area (Å²) < 4.78 is 5.50. The Kier molecular flexibility index (Phi) is 3.54. The largest absolute Gasteiger partial charge is 0.451 e. The summed E-state index contributed by atoms with van der Waals surface area (Å²) in [6.45, 7) is 0.345. The topological polar surface area (TPSA) is 68.3 Å². The van der Waals surface area contributed by atoms with Gasteiger partial charge in [-0.3, -0.25) is 4.79 Å². The van der Waals surface area contributed by atoms with Crippen LogP contribution in [-0.4, -0.2) is 5.91 Å². The molecule has 21 heavy (non-hydrogen) atoms. The third kappa shape index (κ3) is 2.85. The minimum absolute atomic E-state index is 0.252. The zero-order valence-electron chi connectivity index (χ0n) is 11.1. The van der Waals surface area contributed by atoms with E-state index in [1.54, 1.807) is 30.3 Å². The maximum atomic E-state index is 12.1. The van der Waals surface area contributed by atoms with Gasteiger partial charge in [0.2, 0.25) is 0 Å². The van der Waals surface area contributed by atoms with Crippen molar-refractivity contribution < 1.29 is 9.21 Å². The minimum atomic E-state index is -0.287. The highest BCUT2D eigenvalue weighted by molar-refractivity contribution is 6.31. The minimum Gasteiger partial charge on any atom is -0.451 e. The number of amides is 1. The molecule has 0 aliphatic rings. The van der Waals surface area contributed by atoms with E-state index in [0.29, 0.717) is 22.8 Å². The summed E-state index contributed by atoms with van der Waals surface area (Å²) in [5, 5.41) is 4.21. The Morgan fingerprint density at radius 3 is 2.81 bits per heavy atom. The highest BCUT2D eigenvalue weighted by atomic mass is 35.5. The first-order valence-corrected chi connectivity index (χ1v) is 6.82. The monoisotopic (exact) mass is 300 g/mol. The van der Waals surface area contributed by atoms with Gasteiger partial charge in [0, 0.05) is 22.6 Å². The number of benzene rings is 2. The molecule has 0 unspecified atom stereocenters. The number of hydrogen-bond donors (Lipinski definition) is 2. The standard InChI is InChI=1S/C16H13ClN2O2/c17-13-4-2-1-3-10(13)9-19-16(20)15-8-11-7-12(18)5-6-14(11)21-15/h1-8H,9,18H2,(H,19,20). The molecule has 0 saturated heterocycles. The van der Waals surface area contributed by atoms with Gasteiger partial charge in [-0.25, -0.2) is 0 Å². The molecule has 1 heterocycles. The second-order valence-corrected chi connectivity index (χ2v) is 5.09. The van der Waals surface area contributed by atoms with Crippen molar-refractivity contribution in [3.8, 4) is 0 Å². The number of nitrogens with one attached hydrogen (secondary N) is 1. The Labute approximate surface area is 126 Å².